The Morgan fingerprint density at radius 1 is 0.423 bits per heavy atom. The van der Waals surface area contributed by atoms with Crippen molar-refractivity contribution in [2.45, 2.75) is 65.6 Å². The Hall–Kier alpha value is -6.30. The van der Waals surface area contributed by atoms with Crippen molar-refractivity contribution in [3.05, 3.63) is 130 Å². The maximum absolute atomic E-state index is 13.7. The van der Waals surface area contributed by atoms with Crippen LogP contribution in [0, 0.1) is 0 Å². The monoisotopic (exact) mass is 710 g/mol. The molecule has 0 saturated heterocycles. The van der Waals surface area contributed by atoms with Crippen molar-refractivity contribution in [2.24, 2.45) is 0 Å². The number of ether oxygens (including phenoxy) is 4. The van der Waals surface area contributed by atoms with E-state index in [4.69, 9.17) is 28.7 Å². The fourth-order valence-corrected chi connectivity index (χ4v) is 5.07. The van der Waals surface area contributed by atoms with E-state index in [1.54, 1.807) is 24.3 Å². The summed E-state index contributed by atoms with van der Waals surface area (Å²) in [5.41, 5.74) is -0.870. The highest BCUT2D eigenvalue weighted by Crippen LogP contribution is 2.27. The van der Waals surface area contributed by atoms with Gasteiger partial charge in [-0.25, -0.2) is 29.0 Å². The molecule has 0 fully saturated rings. The second-order valence-corrected chi connectivity index (χ2v) is 11.3. The number of ketones is 2. The summed E-state index contributed by atoms with van der Waals surface area (Å²) in [6.45, 7) is 7.44. The van der Waals surface area contributed by atoms with Gasteiger partial charge in [-0.3, -0.25) is 9.59 Å². The third kappa shape index (κ3) is 9.69. The Bertz CT molecular complexity index is 1780. The van der Waals surface area contributed by atoms with E-state index < -0.39 is 35.8 Å². The molecule has 4 aromatic rings. The summed E-state index contributed by atoms with van der Waals surface area (Å²) in [6.07, 6.45) is -0.384. The third-order valence-electron chi connectivity index (χ3n) is 7.97. The molecule has 0 aliphatic rings. The van der Waals surface area contributed by atoms with Crippen molar-refractivity contribution in [1.29, 1.82) is 0 Å². The maximum atomic E-state index is 13.7. The highest BCUT2D eigenvalue weighted by atomic mass is 17.2. The molecule has 4 rings (SSSR count). The van der Waals surface area contributed by atoms with Crippen LogP contribution in [0.25, 0.3) is 0 Å². The standard InChI is InChI=1S/C40H38O12/c1-5-25(6-2)47-39(45)49-33-23-15-13-21-31(33)35(41)27-17-9-11-19-29(27)37(43)51-52-38(44)30-20-12-10-18-28(30)36(42)32-22-14-16-24-34(32)50-40(46)48-26(7-3)8-4/h9-26H,5-8H2,1-4H3. The molecule has 0 spiro atoms. The summed E-state index contributed by atoms with van der Waals surface area (Å²) in [5, 5.41) is 0. The largest absolute Gasteiger partial charge is 0.514 e. The first-order valence-corrected chi connectivity index (χ1v) is 16.8. The summed E-state index contributed by atoms with van der Waals surface area (Å²) < 4.78 is 21.3. The van der Waals surface area contributed by atoms with Gasteiger partial charge in [0, 0.05) is 11.1 Å². The molecule has 0 aliphatic carbocycles. The first kappa shape index (κ1) is 38.5. The van der Waals surface area contributed by atoms with Crippen molar-refractivity contribution >= 4 is 35.8 Å². The van der Waals surface area contributed by atoms with Gasteiger partial charge in [-0.2, -0.15) is 0 Å². The Kier molecular flexibility index (Phi) is 13.8. The predicted octanol–water partition coefficient (Wildman–Crippen LogP) is 8.49. The molecule has 0 heterocycles. The van der Waals surface area contributed by atoms with E-state index >= 15 is 0 Å². The lowest BCUT2D eigenvalue weighted by molar-refractivity contribution is -0.187. The summed E-state index contributed by atoms with van der Waals surface area (Å²) in [6, 6.07) is 23.1. The zero-order valence-electron chi connectivity index (χ0n) is 29.1. The topological polar surface area (TPSA) is 158 Å². The molecule has 0 aliphatic heterocycles. The summed E-state index contributed by atoms with van der Waals surface area (Å²) in [7, 11) is 0. The number of carbonyl (C=O) groups is 6. The molecule has 0 saturated carbocycles. The SMILES string of the molecule is CCC(CC)OC(=O)Oc1ccccc1C(=O)c1ccccc1C(=O)OOC(=O)c1ccccc1C(=O)c1ccccc1OC(=O)OC(CC)CC. The smallest absolute Gasteiger partial charge is 0.431 e. The van der Waals surface area contributed by atoms with Crippen LogP contribution in [0.5, 0.6) is 11.5 Å². The summed E-state index contributed by atoms with van der Waals surface area (Å²) in [5.74, 6) is -3.94. The lowest BCUT2D eigenvalue weighted by atomic mass is 9.97. The first-order chi connectivity index (χ1) is 25.1. The van der Waals surface area contributed by atoms with Gasteiger partial charge in [0.2, 0.25) is 0 Å². The maximum Gasteiger partial charge on any atom is 0.514 e. The number of hydrogen-bond donors (Lipinski definition) is 0. The molecular weight excluding hydrogens is 672 g/mol. The van der Waals surface area contributed by atoms with Crippen molar-refractivity contribution in [3.63, 3.8) is 0 Å². The van der Waals surface area contributed by atoms with Crippen molar-refractivity contribution in [2.75, 3.05) is 0 Å². The minimum atomic E-state index is -1.19. The Labute approximate surface area is 300 Å². The zero-order valence-corrected chi connectivity index (χ0v) is 29.1. The first-order valence-electron chi connectivity index (χ1n) is 16.8. The fraction of sp³-hybridized carbons (Fsp3) is 0.250. The Morgan fingerprint density at radius 2 is 0.712 bits per heavy atom. The van der Waals surface area contributed by atoms with Crippen LogP contribution in [0.4, 0.5) is 9.59 Å². The molecule has 12 heteroatoms. The molecule has 270 valence electrons. The van der Waals surface area contributed by atoms with Crippen molar-refractivity contribution < 1.29 is 57.5 Å². The molecule has 52 heavy (non-hydrogen) atoms. The van der Waals surface area contributed by atoms with Gasteiger partial charge in [-0.15, -0.1) is 0 Å². The number of rotatable bonds is 14. The van der Waals surface area contributed by atoms with Crippen molar-refractivity contribution in [1.82, 2.24) is 0 Å². The van der Waals surface area contributed by atoms with E-state index in [0.29, 0.717) is 25.7 Å². The van der Waals surface area contributed by atoms with Crippen LogP contribution in [0.15, 0.2) is 97.1 Å². The zero-order chi connectivity index (χ0) is 37.6. The highest BCUT2D eigenvalue weighted by molar-refractivity contribution is 6.17. The minimum absolute atomic E-state index is 0.0400. The van der Waals surface area contributed by atoms with E-state index in [1.807, 2.05) is 27.7 Å². The van der Waals surface area contributed by atoms with E-state index in [9.17, 15) is 28.8 Å². The molecule has 0 bridgehead atoms. The summed E-state index contributed by atoms with van der Waals surface area (Å²) >= 11 is 0. The fourth-order valence-electron chi connectivity index (χ4n) is 5.07. The number of carbonyl (C=O) groups excluding carboxylic acids is 6. The predicted molar refractivity (Wildman–Crippen MR) is 186 cm³/mol. The van der Waals surface area contributed by atoms with Crippen LogP contribution >= 0.6 is 0 Å². The molecule has 12 nitrogen and oxygen atoms in total. The molecule has 0 N–H and O–H groups in total. The molecule has 0 atom stereocenters. The molecule has 4 aromatic carbocycles. The quantitative estimate of drug-likeness (QED) is 0.0405. The molecular formula is C40H38O12. The van der Waals surface area contributed by atoms with Gasteiger partial charge < -0.3 is 18.9 Å². The van der Waals surface area contributed by atoms with E-state index in [1.165, 1.54) is 72.8 Å². The molecule has 0 unspecified atom stereocenters. The Balaban J connectivity index is 1.51. The van der Waals surface area contributed by atoms with Gasteiger partial charge in [-0.05, 0) is 62.1 Å². The van der Waals surface area contributed by atoms with Crippen LogP contribution in [0.1, 0.15) is 106 Å². The van der Waals surface area contributed by atoms with Gasteiger partial charge in [0.15, 0.2) is 11.6 Å². The van der Waals surface area contributed by atoms with Crippen LogP contribution in [-0.4, -0.2) is 48.0 Å². The number of hydrogen-bond acceptors (Lipinski definition) is 12. The van der Waals surface area contributed by atoms with Crippen LogP contribution < -0.4 is 9.47 Å². The Morgan fingerprint density at radius 3 is 1.04 bits per heavy atom. The lowest BCUT2D eigenvalue weighted by Crippen LogP contribution is -2.21. The normalized spacial score (nSPS) is 10.7. The average molecular weight is 711 g/mol. The lowest BCUT2D eigenvalue weighted by Gasteiger charge is -2.15. The van der Waals surface area contributed by atoms with Gasteiger partial charge in [-0.1, -0.05) is 88.4 Å². The third-order valence-corrected chi connectivity index (χ3v) is 7.97. The second-order valence-electron chi connectivity index (χ2n) is 11.3. The number of para-hydroxylation sites is 2. The molecule has 0 aromatic heterocycles. The van der Waals surface area contributed by atoms with Gasteiger partial charge in [0.25, 0.3) is 0 Å². The van der Waals surface area contributed by atoms with Crippen molar-refractivity contribution in [3.8, 4) is 11.5 Å². The van der Waals surface area contributed by atoms with Crippen LogP contribution in [0.3, 0.4) is 0 Å². The highest BCUT2D eigenvalue weighted by Gasteiger charge is 2.27. The van der Waals surface area contributed by atoms with E-state index in [2.05, 4.69) is 0 Å². The molecule has 0 radical (unpaired) electrons. The van der Waals surface area contributed by atoms with Crippen LogP contribution in [0.2, 0.25) is 0 Å². The van der Waals surface area contributed by atoms with Gasteiger partial charge in [0.1, 0.15) is 23.7 Å². The van der Waals surface area contributed by atoms with E-state index in [0.717, 1.165) is 0 Å². The van der Waals surface area contributed by atoms with E-state index in [-0.39, 0.29) is 57.1 Å². The second kappa shape index (κ2) is 18.6. The van der Waals surface area contributed by atoms with Crippen LogP contribution in [-0.2, 0) is 19.2 Å². The van der Waals surface area contributed by atoms with Gasteiger partial charge in [0.05, 0.1) is 22.3 Å². The molecule has 0 amide bonds. The van der Waals surface area contributed by atoms with Gasteiger partial charge >= 0.3 is 24.2 Å². The minimum Gasteiger partial charge on any atom is -0.431 e. The summed E-state index contributed by atoms with van der Waals surface area (Å²) in [4.78, 5) is 88.4. The average Bonchev–Trinajstić information content (AvgIpc) is 3.17. The number of benzene rings is 4.